The number of halogens is 2. The fraction of sp³-hybridized carbons (Fsp3) is 0.538. The summed E-state index contributed by atoms with van der Waals surface area (Å²) in [5.41, 5.74) is 0.730. The SMILES string of the molecule is OCCN1CCN(Cc2c(F)cccc2Br)CC1. The van der Waals surface area contributed by atoms with E-state index < -0.39 is 0 Å². The molecule has 0 aromatic heterocycles. The Morgan fingerprint density at radius 1 is 1.17 bits per heavy atom. The molecule has 5 heteroatoms. The van der Waals surface area contributed by atoms with Gasteiger partial charge in [-0.05, 0) is 12.1 Å². The summed E-state index contributed by atoms with van der Waals surface area (Å²) in [6.07, 6.45) is 0. The van der Waals surface area contributed by atoms with Crippen molar-refractivity contribution in [3.63, 3.8) is 0 Å². The third-order valence-electron chi connectivity index (χ3n) is 3.32. The largest absolute Gasteiger partial charge is 0.395 e. The highest BCUT2D eigenvalue weighted by molar-refractivity contribution is 9.10. The number of hydrogen-bond acceptors (Lipinski definition) is 3. The van der Waals surface area contributed by atoms with Gasteiger partial charge in [-0.25, -0.2) is 4.39 Å². The predicted molar refractivity (Wildman–Crippen MR) is 72.9 cm³/mol. The van der Waals surface area contributed by atoms with Crippen molar-refractivity contribution < 1.29 is 9.50 Å². The average Bonchev–Trinajstić information content (AvgIpc) is 2.36. The van der Waals surface area contributed by atoms with Crippen LogP contribution in [0.5, 0.6) is 0 Å². The Morgan fingerprint density at radius 3 is 2.44 bits per heavy atom. The first kappa shape index (κ1) is 13.9. The maximum absolute atomic E-state index is 13.7. The molecule has 1 fully saturated rings. The number of benzene rings is 1. The Kier molecular flexibility index (Phi) is 5.12. The zero-order valence-corrected chi connectivity index (χ0v) is 11.9. The molecule has 1 aromatic carbocycles. The molecule has 2 rings (SSSR count). The first-order valence-corrected chi connectivity index (χ1v) is 6.98. The van der Waals surface area contributed by atoms with Gasteiger partial charge in [0.15, 0.2) is 0 Å². The highest BCUT2D eigenvalue weighted by Gasteiger charge is 2.18. The molecule has 0 saturated carbocycles. The fourth-order valence-corrected chi connectivity index (χ4v) is 2.69. The second-order valence-electron chi connectivity index (χ2n) is 4.54. The number of β-amino-alcohol motifs (C(OH)–C–C–N with tert-alkyl or cyclic N) is 1. The van der Waals surface area contributed by atoms with Gasteiger partial charge >= 0.3 is 0 Å². The van der Waals surface area contributed by atoms with E-state index in [2.05, 4.69) is 25.7 Å². The van der Waals surface area contributed by atoms with Gasteiger partial charge in [-0.15, -0.1) is 0 Å². The van der Waals surface area contributed by atoms with Gasteiger partial charge in [0.25, 0.3) is 0 Å². The summed E-state index contributed by atoms with van der Waals surface area (Å²) in [4.78, 5) is 4.48. The molecule has 3 nitrogen and oxygen atoms in total. The van der Waals surface area contributed by atoms with Crippen molar-refractivity contribution >= 4 is 15.9 Å². The van der Waals surface area contributed by atoms with Gasteiger partial charge in [-0.1, -0.05) is 22.0 Å². The molecule has 18 heavy (non-hydrogen) atoms. The number of aliphatic hydroxyl groups is 1. The van der Waals surface area contributed by atoms with Gasteiger partial charge in [-0.3, -0.25) is 9.80 Å². The van der Waals surface area contributed by atoms with Gasteiger partial charge in [0.05, 0.1) is 6.61 Å². The normalized spacial score (nSPS) is 18.2. The quantitative estimate of drug-likeness (QED) is 0.916. The number of piperazine rings is 1. The Balaban J connectivity index is 1.92. The highest BCUT2D eigenvalue weighted by atomic mass is 79.9. The van der Waals surface area contributed by atoms with Crippen LogP contribution in [-0.2, 0) is 6.54 Å². The summed E-state index contributed by atoms with van der Waals surface area (Å²) >= 11 is 3.40. The molecule has 1 aromatic rings. The lowest BCUT2D eigenvalue weighted by atomic mass is 10.2. The van der Waals surface area contributed by atoms with E-state index in [0.29, 0.717) is 6.54 Å². The molecule has 100 valence electrons. The molecule has 0 bridgehead atoms. The lowest BCUT2D eigenvalue weighted by molar-refractivity contribution is 0.107. The number of rotatable bonds is 4. The van der Waals surface area contributed by atoms with Crippen LogP contribution in [0.3, 0.4) is 0 Å². The maximum Gasteiger partial charge on any atom is 0.128 e. The fourth-order valence-electron chi connectivity index (χ4n) is 2.22. The van der Waals surface area contributed by atoms with Crippen molar-refractivity contribution in [1.29, 1.82) is 0 Å². The van der Waals surface area contributed by atoms with Crippen LogP contribution >= 0.6 is 15.9 Å². The van der Waals surface area contributed by atoms with Crippen LogP contribution in [0.2, 0.25) is 0 Å². The summed E-state index contributed by atoms with van der Waals surface area (Å²) in [6, 6.07) is 5.09. The van der Waals surface area contributed by atoms with Gasteiger partial charge in [0, 0.05) is 49.3 Å². The molecule has 0 radical (unpaired) electrons. The molecular weight excluding hydrogens is 299 g/mol. The summed E-state index contributed by atoms with van der Waals surface area (Å²) in [7, 11) is 0. The van der Waals surface area contributed by atoms with Crippen LogP contribution in [0.4, 0.5) is 4.39 Å². The topological polar surface area (TPSA) is 26.7 Å². The minimum atomic E-state index is -0.151. The van der Waals surface area contributed by atoms with E-state index in [-0.39, 0.29) is 12.4 Å². The van der Waals surface area contributed by atoms with Crippen LogP contribution in [0.15, 0.2) is 22.7 Å². The first-order chi connectivity index (χ1) is 8.70. The second kappa shape index (κ2) is 6.61. The van der Waals surface area contributed by atoms with Crippen LogP contribution in [-0.4, -0.2) is 54.2 Å². The predicted octanol–water partition coefficient (Wildman–Crippen LogP) is 1.70. The van der Waals surface area contributed by atoms with E-state index >= 15 is 0 Å². The minimum absolute atomic E-state index is 0.151. The van der Waals surface area contributed by atoms with E-state index in [0.717, 1.165) is 42.8 Å². The van der Waals surface area contributed by atoms with Crippen molar-refractivity contribution in [2.75, 3.05) is 39.3 Å². The Morgan fingerprint density at radius 2 is 1.83 bits per heavy atom. The molecule has 0 unspecified atom stereocenters. The lowest BCUT2D eigenvalue weighted by Gasteiger charge is -2.34. The van der Waals surface area contributed by atoms with Crippen LogP contribution < -0.4 is 0 Å². The third-order valence-corrected chi connectivity index (χ3v) is 4.07. The highest BCUT2D eigenvalue weighted by Crippen LogP contribution is 2.21. The zero-order chi connectivity index (χ0) is 13.0. The molecule has 1 N–H and O–H groups in total. The average molecular weight is 317 g/mol. The first-order valence-electron chi connectivity index (χ1n) is 6.19. The lowest BCUT2D eigenvalue weighted by Crippen LogP contribution is -2.46. The summed E-state index contributed by atoms with van der Waals surface area (Å²) in [6.45, 7) is 5.29. The molecule has 1 aliphatic rings. The van der Waals surface area contributed by atoms with Crippen molar-refractivity contribution in [3.05, 3.63) is 34.1 Å². The number of aliphatic hydroxyl groups excluding tert-OH is 1. The van der Waals surface area contributed by atoms with E-state index in [1.54, 1.807) is 6.07 Å². The summed E-state index contributed by atoms with van der Waals surface area (Å²) in [5.74, 6) is -0.151. The monoisotopic (exact) mass is 316 g/mol. The van der Waals surface area contributed by atoms with Crippen molar-refractivity contribution in [1.82, 2.24) is 9.80 Å². The molecular formula is C13H18BrFN2O. The summed E-state index contributed by atoms with van der Waals surface area (Å²) < 4.78 is 14.5. The van der Waals surface area contributed by atoms with Crippen LogP contribution in [0.25, 0.3) is 0 Å². The molecule has 0 amide bonds. The Labute approximate surface area is 115 Å². The maximum atomic E-state index is 13.7. The van der Waals surface area contributed by atoms with Gasteiger partial charge in [0.1, 0.15) is 5.82 Å². The summed E-state index contributed by atoms with van der Waals surface area (Å²) in [5, 5.41) is 8.88. The second-order valence-corrected chi connectivity index (χ2v) is 5.40. The van der Waals surface area contributed by atoms with Gasteiger partial charge in [-0.2, -0.15) is 0 Å². The molecule has 0 atom stereocenters. The Bertz CT molecular complexity index is 374. The molecule has 0 aliphatic carbocycles. The van der Waals surface area contributed by atoms with E-state index in [4.69, 9.17) is 5.11 Å². The molecule has 1 saturated heterocycles. The number of hydrogen-bond donors (Lipinski definition) is 1. The molecule has 1 heterocycles. The number of nitrogens with zero attached hydrogens (tertiary/aromatic N) is 2. The zero-order valence-electron chi connectivity index (χ0n) is 10.3. The van der Waals surface area contributed by atoms with Gasteiger partial charge in [0.2, 0.25) is 0 Å². The van der Waals surface area contributed by atoms with Crippen molar-refractivity contribution in [3.8, 4) is 0 Å². The molecule has 1 aliphatic heterocycles. The smallest absolute Gasteiger partial charge is 0.128 e. The van der Waals surface area contributed by atoms with E-state index in [1.165, 1.54) is 6.07 Å². The van der Waals surface area contributed by atoms with Crippen molar-refractivity contribution in [2.24, 2.45) is 0 Å². The minimum Gasteiger partial charge on any atom is -0.395 e. The van der Waals surface area contributed by atoms with E-state index in [1.807, 2.05) is 6.07 Å². The van der Waals surface area contributed by atoms with Gasteiger partial charge < -0.3 is 5.11 Å². The molecule has 0 spiro atoms. The third kappa shape index (κ3) is 3.51. The van der Waals surface area contributed by atoms with Crippen molar-refractivity contribution in [2.45, 2.75) is 6.54 Å². The standard InChI is InChI=1S/C13H18BrFN2O/c14-12-2-1-3-13(15)11(12)10-17-6-4-16(5-7-17)8-9-18/h1-3,18H,4-10H2. The van der Waals surface area contributed by atoms with Crippen LogP contribution in [0, 0.1) is 5.82 Å². The van der Waals surface area contributed by atoms with Crippen LogP contribution in [0.1, 0.15) is 5.56 Å². The Hall–Kier alpha value is -0.490. The van der Waals surface area contributed by atoms with E-state index in [9.17, 15) is 4.39 Å².